The normalized spacial score (nSPS) is 20.0. The van der Waals surface area contributed by atoms with Crippen LogP contribution in [-0.4, -0.2) is 31.7 Å². The predicted octanol–water partition coefficient (Wildman–Crippen LogP) is 3.82. The van der Waals surface area contributed by atoms with Gasteiger partial charge < -0.3 is 9.47 Å². The van der Waals surface area contributed by atoms with Crippen molar-refractivity contribution in [1.29, 1.82) is 0 Å². The zero-order valence-corrected chi connectivity index (χ0v) is 12.1. The van der Waals surface area contributed by atoms with Crippen molar-refractivity contribution in [3.8, 4) is 0 Å². The molecule has 1 aromatic heterocycles. The van der Waals surface area contributed by atoms with Crippen molar-refractivity contribution in [3.63, 3.8) is 0 Å². The minimum absolute atomic E-state index is 0.0205. The first kappa shape index (κ1) is 14.3. The van der Waals surface area contributed by atoms with Crippen LogP contribution in [0.4, 0.5) is 0 Å². The Balaban J connectivity index is 1.76. The second-order valence-corrected chi connectivity index (χ2v) is 6.45. The zero-order valence-electron chi connectivity index (χ0n) is 9.79. The molecule has 1 atom stereocenters. The van der Waals surface area contributed by atoms with Crippen LogP contribution >= 0.6 is 34.5 Å². The largest absolute Gasteiger partial charge is 0.376 e. The highest BCUT2D eigenvalue weighted by Crippen LogP contribution is 2.31. The molecule has 1 saturated heterocycles. The Bertz CT molecular complexity index is 413. The summed E-state index contributed by atoms with van der Waals surface area (Å²) in [5, 5.41) is 0. The molecular weight excluding hydrogens is 295 g/mol. The van der Waals surface area contributed by atoms with Gasteiger partial charge in [-0.25, -0.2) is 0 Å². The fraction of sp³-hybridized carbons (Fsp3) is 0.583. The van der Waals surface area contributed by atoms with Gasteiger partial charge in [0.25, 0.3) is 0 Å². The fourth-order valence-corrected chi connectivity index (χ4v) is 3.33. The lowest BCUT2D eigenvalue weighted by molar-refractivity contribution is -0.0370. The fourth-order valence-electron chi connectivity index (χ4n) is 1.83. The molecule has 0 aliphatic carbocycles. The van der Waals surface area contributed by atoms with Crippen molar-refractivity contribution in [2.24, 2.45) is 0 Å². The summed E-state index contributed by atoms with van der Waals surface area (Å²) in [5.41, 5.74) is 0.441. The van der Waals surface area contributed by atoms with Crippen LogP contribution in [0.25, 0.3) is 0 Å². The molecule has 1 aliphatic rings. The number of ether oxygens (including phenoxy) is 2. The van der Waals surface area contributed by atoms with Gasteiger partial charge in [-0.1, -0.05) is 23.2 Å². The van der Waals surface area contributed by atoms with E-state index in [0.717, 1.165) is 25.9 Å². The molecule has 2 rings (SSSR count). The van der Waals surface area contributed by atoms with Gasteiger partial charge in [0.2, 0.25) is 0 Å². The van der Waals surface area contributed by atoms with E-state index in [-0.39, 0.29) is 18.5 Å². The Kier molecular flexibility index (Phi) is 5.45. The SMILES string of the molecule is O=C(COCC1CCCCO1)c1cc(Cl)sc1Cl. The maximum atomic E-state index is 11.8. The molecular formula is C12H14Cl2O3S. The highest BCUT2D eigenvalue weighted by atomic mass is 35.5. The van der Waals surface area contributed by atoms with Crippen LogP contribution in [0, 0.1) is 0 Å². The summed E-state index contributed by atoms with van der Waals surface area (Å²) in [6.07, 6.45) is 3.39. The van der Waals surface area contributed by atoms with Gasteiger partial charge in [0.1, 0.15) is 10.9 Å². The second kappa shape index (κ2) is 6.87. The number of rotatable bonds is 5. The minimum atomic E-state index is -0.140. The van der Waals surface area contributed by atoms with E-state index in [0.29, 0.717) is 20.8 Å². The Hall–Kier alpha value is -0.130. The van der Waals surface area contributed by atoms with Crippen LogP contribution in [0.3, 0.4) is 0 Å². The van der Waals surface area contributed by atoms with Crippen molar-refractivity contribution >= 4 is 40.3 Å². The summed E-state index contributed by atoms with van der Waals surface area (Å²) in [7, 11) is 0. The van der Waals surface area contributed by atoms with Gasteiger partial charge in [-0.2, -0.15) is 0 Å². The Morgan fingerprint density at radius 2 is 2.33 bits per heavy atom. The first-order chi connectivity index (χ1) is 8.66. The van der Waals surface area contributed by atoms with E-state index in [9.17, 15) is 4.79 Å². The number of thiophene rings is 1. The molecule has 18 heavy (non-hydrogen) atoms. The maximum Gasteiger partial charge on any atom is 0.190 e. The molecule has 3 nitrogen and oxygen atoms in total. The van der Waals surface area contributed by atoms with Gasteiger partial charge in [-0.15, -0.1) is 11.3 Å². The number of Topliss-reactive ketones (excluding diaryl/α,β-unsaturated/α-hetero) is 1. The molecule has 2 heterocycles. The van der Waals surface area contributed by atoms with Crippen LogP contribution in [0.5, 0.6) is 0 Å². The summed E-state index contributed by atoms with van der Waals surface area (Å²) < 4.78 is 11.8. The molecule has 0 amide bonds. The van der Waals surface area contributed by atoms with Crippen molar-refractivity contribution in [3.05, 3.63) is 20.3 Å². The first-order valence-corrected chi connectivity index (χ1v) is 7.41. The minimum Gasteiger partial charge on any atom is -0.376 e. The monoisotopic (exact) mass is 308 g/mol. The molecule has 0 N–H and O–H groups in total. The van der Waals surface area contributed by atoms with E-state index in [4.69, 9.17) is 32.7 Å². The molecule has 0 saturated carbocycles. The van der Waals surface area contributed by atoms with Gasteiger partial charge in [0, 0.05) is 6.61 Å². The average Bonchev–Trinajstić information content (AvgIpc) is 2.70. The predicted molar refractivity (Wildman–Crippen MR) is 73.1 cm³/mol. The summed E-state index contributed by atoms with van der Waals surface area (Å²) in [4.78, 5) is 11.8. The van der Waals surface area contributed by atoms with Gasteiger partial charge >= 0.3 is 0 Å². The molecule has 0 bridgehead atoms. The molecule has 1 aliphatic heterocycles. The number of halogens is 2. The summed E-state index contributed by atoms with van der Waals surface area (Å²) in [6.45, 7) is 1.27. The second-order valence-electron chi connectivity index (χ2n) is 4.16. The molecule has 0 aromatic carbocycles. The number of hydrogen-bond donors (Lipinski definition) is 0. The highest BCUT2D eigenvalue weighted by Gasteiger charge is 2.17. The Labute approximate surface area is 120 Å². The lowest BCUT2D eigenvalue weighted by Gasteiger charge is -2.22. The third kappa shape index (κ3) is 3.93. The third-order valence-corrected chi connectivity index (χ3v) is 4.26. The van der Waals surface area contributed by atoms with Crippen LogP contribution in [-0.2, 0) is 9.47 Å². The maximum absolute atomic E-state index is 11.8. The van der Waals surface area contributed by atoms with Crippen LogP contribution in [0.1, 0.15) is 29.6 Å². The van der Waals surface area contributed by atoms with E-state index in [1.807, 2.05) is 0 Å². The van der Waals surface area contributed by atoms with Crippen LogP contribution in [0.2, 0.25) is 8.67 Å². The van der Waals surface area contributed by atoms with Crippen LogP contribution in [0.15, 0.2) is 6.07 Å². The van der Waals surface area contributed by atoms with Crippen LogP contribution < -0.4 is 0 Å². The Morgan fingerprint density at radius 1 is 1.50 bits per heavy atom. The smallest absolute Gasteiger partial charge is 0.190 e. The molecule has 0 spiro atoms. The van der Waals surface area contributed by atoms with Crippen molar-refractivity contribution in [1.82, 2.24) is 0 Å². The van der Waals surface area contributed by atoms with E-state index in [1.165, 1.54) is 11.3 Å². The first-order valence-electron chi connectivity index (χ1n) is 5.84. The molecule has 1 unspecified atom stereocenters. The lowest BCUT2D eigenvalue weighted by Crippen LogP contribution is -2.25. The molecule has 1 fully saturated rings. The lowest BCUT2D eigenvalue weighted by atomic mass is 10.1. The van der Waals surface area contributed by atoms with Gasteiger partial charge in [-0.05, 0) is 25.3 Å². The zero-order chi connectivity index (χ0) is 13.0. The summed E-state index contributed by atoms with van der Waals surface area (Å²) in [6, 6.07) is 1.58. The molecule has 100 valence electrons. The quantitative estimate of drug-likeness (QED) is 0.776. The van der Waals surface area contributed by atoms with E-state index in [1.54, 1.807) is 6.07 Å². The number of carbonyl (C=O) groups excluding carboxylic acids is 1. The van der Waals surface area contributed by atoms with E-state index >= 15 is 0 Å². The molecule has 0 radical (unpaired) electrons. The van der Waals surface area contributed by atoms with E-state index < -0.39 is 0 Å². The van der Waals surface area contributed by atoms with Gasteiger partial charge in [0.15, 0.2) is 5.78 Å². The van der Waals surface area contributed by atoms with Gasteiger partial charge in [0.05, 0.1) is 22.6 Å². The van der Waals surface area contributed by atoms with E-state index in [2.05, 4.69) is 0 Å². The Morgan fingerprint density at radius 3 is 2.94 bits per heavy atom. The van der Waals surface area contributed by atoms with Crippen molar-refractivity contribution in [2.45, 2.75) is 25.4 Å². The van der Waals surface area contributed by atoms with Crippen molar-refractivity contribution < 1.29 is 14.3 Å². The summed E-state index contributed by atoms with van der Waals surface area (Å²) in [5.74, 6) is -0.140. The molecule has 6 heteroatoms. The number of carbonyl (C=O) groups is 1. The average molecular weight is 309 g/mol. The number of ketones is 1. The summed E-state index contributed by atoms with van der Waals surface area (Å²) >= 11 is 12.9. The highest BCUT2D eigenvalue weighted by molar-refractivity contribution is 7.20. The van der Waals surface area contributed by atoms with Crippen molar-refractivity contribution in [2.75, 3.05) is 19.8 Å². The topological polar surface area (TPSA) is 35.5 Å². The van der Waals surface area contributed by atoms with Gasteiger partial charge in [-0.3, -0.25) is 4.79 Å². The standard InChI is InChI=1S/C12H14Cl2O3S/c13-11-5-9(12(14)18-11)10(15)7-16-6-8-3-1-2-4-17-8/h5,8H,1-4,6-7H2. The number of hydrogen-bond acceptors (Lipinski definition) is 4. The third-order valence-electron chi connectivity index (χ3n) is 2.77. The molecule has 1 aromatic rings.